The molecule has 0 fully saturated rings. The highest BCUT2D eigenvalue weighted by molar-refractivity contribution is 6.30. The molecule has 0 spiro atoms. The molecular formula is C14H18ClNO2. The predicted molar refractivity (Wildman–Crippen MR) is 72.0 cm³/mol. The molecule has 0 saturated carbocycles. The van der Waals surface area contributed by atoms with E-state index in [0.717, 1.165) is 11.3 Å². The van der Waals surface area contributed by atoms with Gasteiger partial charge in [0.2, 0.25) is 5.91 Å². The average molecular weight is 268 g/mol. The largest absolute Gasteiger partial charge is 0.492 e. The molecule has 0 saturated heterocycles. The van der Waals surface area contributed by atoms with Gasteiger partial charge in [0.15, 0.2) is 0 Å². The number of nitrogens with one attached hydrogen (secondary N) is 1. The lowest BCUT2D eigenvalue weighted by Gasteiger charge is -2.28. The fraction of sp³-hybridized carbons (Fsp3) is 0.500. The van der Waals surface area contributed by atoms with Crippen LogP contribution in [0.5, 0.6) is 5.75 Å². The summed E-state index contributed by atoms with van der Waals surface area (Å²) >= 11 is 5.95. The van der Waals surface area contributed by atoms with Crippen molar-refractivity contribution in [2.45, 2.75) is 32.7 Å². The van der Waals surface area contributed by atoms with Crippen molar-refractivity contribution in [3.8, 4) is 5.75 Å². The first-order valence-electron chi connectivity index (χ1n) is 6.08. The summed E-state index contributed by atoms with van der Waals surface area (Å²) in [6, 6.07) is 5.53. The number of benzene rings is 1. The molecule has 98 valence electrons. The summed E-state index contributed by atoms with van der Waals surface area (Å²) in [6.07, 6.45) is 0.678. The Morgan fingerprint density at radius 3 is 2.83 bits per heavy atom. The molecule has 4 heteroatoms. The molecule has 18 heavy (non-hydrogen) atoms. The first kappa shape index (κ1) is 13.2. The van der Waals surface area contributed by atoms with Crippen molar-refractivity contribution in [3.63, 3.8) is 0 Å². The van der Waals surface area contributed by atoms with Gasteiger partial charge in [-0.2, -0.15) is 0 Å². The second-order valence-electron chi connectivity index (χ2n) is 5.70. The fourth-order valence-electron chi connectivity index (χ4n) is 2.00. The zero-order chi connectivity index (χ0) is 13.3. The molecule has 3 nitrogen and oxygen atoms in total. The van der Waals surface area contributed by atoms with Gasteiger partial charge >= 0.3 is 0 Å². The summed E-state index contributed by atoms with van der Waals surface area (Å²) in [4.78, 5) is 12.1. The van der Waals surface area contributed by atoms with Gasteiger partial charge in [-0.05, 0) is 51.0 Å². The van der Waals surface area contributed by atoms with Gasteiger partial charge in [-0.25, -0.2) is 0 Å². The fourth-order valence-corrected chi connectivity index (χ4v) is 2.20. The smallest absolute Gasteiger partial charge is 0.227 e. The Morgan fingerprint density at radius 1 is 1.44 bits per heavy atom. The second kappa shape index (κ2) is 4.81. The molecule has 1 amide bonds. The van der Waals surface area contributed by atoms with Gasteiger partial charge in [-0.15, -0.1) is 0 Å². The van der Waals surface area contributed by atoms with Crippen molar-refractivity contribution in [3.05, 3.63) is 28.8 Å². The molecule has 0 radical (unpaired) electrons. The summed E-state index contributed by atoms with van der Waals surface area (Å²) in [5.74, 6) is 0.725. The van der Waals surface area contributed by atoms with Crippen LogP contribution in [0.3, 0.4) is 0 Å². The van der Waals surface area contributed by atoms with Gasteiger partial charge < -0.3 is 10.1 Å². The van der Waals surface area contributed by atoms with Crippen molar-refractivity contribution in [2.24, 2.45) is 5.92 Å². The lowest BCUT2D eigenvalue weighted by Crippen LogP contribution is -2.46. The third-order valence-electron chi connectivity index (χ3n) is 2.80. The topological polar surface area (TPSA) is 38.3 Å². The van der Waals surface area contributed by atoms with Crippen LogP contribution in [0.15, 0.2) is 18.2 Å². The molecule has 1 aromatic rings. The Hall–Kier alpha value is -1.22. The molecule has 1 aromatic carbocycles. The van der Waals surface area contributed by atoms with Crippen LogP contribution in [0.4, 0.5) is 0 Å². The van der Waals surface area contributed by atoms with Crippen LogP contribution in [0.25, 0.3) is 0 Å². The third-order valence-corrected chi connectivity index (χ3v) is 3.03. The van der Waals surface area contributed by atoms with E-state index < -0.39 is 0 Å². The van der Waals surface area contributed by atoms with E-state index in [1.165, 1.54) is 0 Å². The van der Waals surface area contributed by atoms with Crippen LogP contribution in [0.2, 0.25) is 5.02 Å². The predicted octanol–water partition coefficient (Wildman–Crippen LogP) is 2.81. The highest BCUT2D eigenvalue weighted by Crippen LogP contribution is 2.30. The molecule has 0 bridgehead atoms. The highest BCUT2D eigenvalue weighted by Gasteiger charge is 2.28. The minimum absolute atomic E-state index is 0.0353. The molecular weight excluding hydrogens is 250 g/mol. The van der Waals surface area contributed by atoms with Crippen LogP contribution in [-0.2, 0) is 11.2 Å². The molecule has 1 atom stereocenters. The molecule has 2 rings (SSSR count). The maximum atomic E-state index is 12.1. The minimum atomic E-state index is -0.217. The van der Waals surface area contributed by atoms with E-state index in [-0.39, 0.29) is 17.4 Å². The molecule has 1 aliphatic rings. The zero-order valence-corrected chi connectivity index (χ0v) is 11.7. The van der Waals surface area contributed by atoms with Gasteiger partial charge in [0.05, 0.1) is 5.92 Å². The highest BCUT2D eigenvalue weighted by atomic mass is 35.5. The van der Waals surface area contributed by atoms with Gasteiger partial charge in [0, 0.05) is 10.6 Å². The number of carbonyl (C=O) groups is 1. The van der Waals surface area contributed by atoms with Gasteiger partial charge in [0.25, 0.3) is 0 Å². The number of halogens is 1. The Labute approximate surface area is 112 Å². The average Bonchev–Trinajstić information content (AvgIpc) is 2.25. The van der Waals surface area contributed by atoms with E-state index in [9.17, 15) is 4.79 Å². The minimum Gasteiger partial charge on any atom is -0.492 e. The van der Waals surface area contributed by atoms with Crippen LogP contribution >= 0.6 is 11.6 Å². The lowest BCUT2D eigenvalue weighted by molar-refractivity contribution is -0.127. The standard InChI is InChI=1S/C14H18ClNO2/c1-14(2,3)16-13(17)10-6-9-7-11(15)4-5-12(9)18-8-10/h4-5,7,10H,6,8H2,1-3H3,(H,16,17). The summed E-state index contributed by atoms with van der Waals surface area (Å²) in [5, 5.41) is 3.66. The zero-order valence-electron chi connectivity index (χ0n) is 10.9. The number of carbonyl (C=O) groups excluding carboxylic acids is 1. The van der Waals surface area contributed by atoms with Gasteiger partial charge in [-0.1, -0.05) is 11.6 Å². The Bertz CT molecular complexity index is 465. The number of amides is 1. The van der Waals surface area contributed by atoms with Crippen LogP contribution in [0, 0.1) is 5.92 Å². The second-order valence-corrected chi connectivity index (χ2v) is 6.14. The maximum Gasteiger partial charge on any atom is 0.227 e. The summed E-state index contributed by atoms with van der Waals surface area (Å²) in [6.45, 7) is 6.34. The molecule has 1 aliphatic heterocycles. The van der Waals surface area contributed by atoms with Crippen molar-refractivity contribution in [1.82, 2.24) is 5.32 Å². The summed E-state index contributed by atoms with van der Waals surface area (Å²) < 4.78 is 5.61. The van der Waals surface area contributed by atoms with E-state index in [4.69, 9.17) is 16.3 Å². The lowest BCUT2D eigenvalue weighted by atomic mass is 9.95. The van der Waals surface area contributed by atoms with Gasteiger partial charge in [-0.3, -0.25) is 4.79 Å². The van der Waals surface area contributed by atoms with Crippen LogP contribution in [0.1, 0.15) is 26.3 Å². The van der Waals surface area contributed by atoms with Crippen molar-refractivity contribution in [2.75, 3.05) is 6.61 Å². The van der Waals surface area contributed by atoms with Crippen molar-refractivity contribution < 1.29 is 9.53 Å². The van der Waals surface area contributed by atoms with Crippen molar-refractivity contribution >= 4 is 17.5 Å². The number of rotatable bonds is 1. The first-order chi connectivity index (χ1) is 8.35. The molecule has 1 N–H and O–H groups in total. The first-order valence-corrected chi connectivity index (χ1v) is 6.46. The van der Waals surface area contributed by atoms with E-state index in [1.54, 1.807) is 6.07 Å². The third kappa shape index (κ3) is 3.16. The quantitative estimate of drug-likeness (QED) is 0.850. The Morgan fingerprint density at radius 2 is 2.17 bits per heavy atom. The maximum absolute atomic E-state index is 12.1. The van der Waals surface area contributed by atoms with Gasteiger partial charge in [0.1, 0.15) is 12.4 Å². The van der Waals surface area contributed by atoms with E-state index >= 15 is 0 Å². The van der Waals surface area contributed by atoms with E-state index in [2.05, 4.69) is 5.32 Å². The number of hydrogen-bond donors (Lipinski definition) is 1. The summed E-state index contributed by atoms with van der Waals surface area (Å²) in [5.41, 5.74) is 0.786. The number of fused-ring (bicyclic) bond motifs is 1. The SMILES string of the molecule is CC(C)(C)NC(=O)C1COc2ccc(Cl)cc2C1. The number of hydrogen-bond acceptors (Lipinski definition) is 2. The van der Waals surface area contributed by atoms with Crippen molar-refractivity contribution in [1.29, 1.82) is 0 Å². The van der Waals surface area contributed by atoms with E-state index in [1.807, 2.05) is 32.9 Å². The Balaban J connectivity index is 2.09. The van der Waals surface area contributed by atoms with Crippen LogP contribution in [-0.4, -0.2) is 18.1 Å². The van der Waals surface area contributed by atoms with E-state index in [0.29, 0.717) is 18.1 Å². The summed E-state index contributed by atoms with van der Waals surface area (Å²) in [7, 11) is 0. The number of ether oxygens (including phenoxy) is 1. The monoisotopic (exact) mass is 267 g/mol. The normalized spacial score (nSPS) is 18.8. The Kier molecular flexibility index (Phi) is 3.53. The molecule has 1 unspecified atom stereocenters. The molecule has 0 aromatic heterocycles. The molecule has 1 heterocycles. The van der Waals surface area contributed by atoms with Crippen LogP contribution < -0.4 is 10.1 Å². The molecule has 0 aliphatic carbocycles.